The van der Waals surface area contributed by atoms with Crippen LogP contribution in [0.2, 0.25) is 0 Å². The van der Waals surface area contributed by atoms with E-state index in [0.717, 1.165) is 6.08 Å². The molecule has 136 valence electrons. The number of hydrogen-bond acceptors (Lipinski definition) is 7. The first-order chi connectivity index (χ1) is 11.9. The molecule has 2 N–H and O–H groups in total. The van der Waals surface area contributed by atoms with Crippen LogP contribution < -0.4 is 15.4 Å². The van der Waals surface area contributed by atoms with Crippen LogP contribution in [0, 0.1) is 0 Å². The van der Waals surface area contributed by atoms with Crippen LogP contribution >= 0.6 is 0 Å². The maximum absolute atomic E-state index is 12.3. The summed E-state index contributed by atoms with van der Waals surface area (Å²) in [5.74, 6) is -2.52. The predicted octanol–water partition coefficient (Wildman–Crippen LogP) is 0.132. The predicted molar refractivity (Wildman–Crippen MR) is 87.2 cm³/mol. The SMILES string of the molecule is CCOC(=O)/C(=C/C(C(=O)OCC)=C(\[O-])OCC)[n+]1cccc(N)c1. The van der Waals surface area contributed by atoms with Gasteiger partial charge in [-0.25, -0.2) is 9.59 Å². The van der Waals surface area contributed by atoms with Gasteiger partial charge in [-0.2, -0.15) is 4.57 Å². The highest BCUT2D eigenvalue weighted by Gasteiger charge is 2.25. The van der Waals surface area contributed by atoms with Crippen molar-refractivity contribution in [3.63, 3.8) is 0 Å². The van der Waals surface area contributed by atoms with E-state index in [9.17, 15) is 14.7 Å². The second-order valence-corrected chi connectivity index (χ2v) is 4.65. The van der Waals surface area contributed by atoms with Gasteiger partial charge in [0.2, 0.25) is 0 Å². The number of carbonyl (C=O) groups excluding carboxylic acids is 2. The summed E-state index contributed by atoms with van der Waals surface area (Å²) < 4.78 is 16.1. The van der Waals surface area contributed by atoms with Crippen molar-refractivity contribution < 1.29 is 33.5 Å². The zero-order valence-electron chi connectivity index (χ0n) is 14.5. The van der Waals surface area contributed by atoms with E-state index in [1.807, 2.05) is 0 Å². The van der Waals surface area contributed by atoms with Crippen LogP contribution in [-0.4, -0.2) is 31.8 Å². The lowest BCUT2D eigenvalue weighted by molar-refractivity contribution is -0.577. The molecule has 0 aliphatic heterocycles. The topological polar surface area (TPSA) is 115 Å². The summed E-state index contributed by atoms with van der Waals surface area (Å²) in [4.78, 5) is 24.4. The molecule has 0 atom stereocenters. The molecule has 1 heterocycles. The van der Waals surface area contributed by atoms with E-state index in [1.54, 1.807) is 32.9 Å². The summed E-state index contributed by atoms with van der Waals surface area (Å²) in [6.45, 7) is 5.09. The van der Waals surface area contributed by atoms with Gasteiger partial charge < -0.3 is 25.1 Å². The van der Waals surface area contributed by atoms with Gasteiger partial charge in [-0.05, 0) is 26.5 Å². The Bertz CT molecular complexity index is 681. The highest BCUT2D eigenvalue weighted by Crippen LogP contribution is 2.12. The Kier molecular flexibility index (Phi) is 7.98. The van der Waals surface area contributed by atoms with Gasteiger partial charge in [0.25, 0.3) is 5.70 Å². The van der Waals surface area contributed by atoms with Crippen LogP contribution in [-0.2, 0) is 23.8 Å². The normalized spacial score (nSPS) is 12.2. The van der Waals surface area contributed by atoms with Gasteiger partial charge in [-0.3, -0.25) is 0 Å². The van der Waals surface area contributed by atoms with Crippen molar-refractivity contribution in [1.29, 1.82) is 0 Å². The van der Waals surface area contributed by atoms with Crippen molar-refractivity contribution in [2.75, 3.05) is 25.6 Å². The molecule has 1 aromatic heterocycles. The molecule has 25 heavy (non-hydrogen) atoms. The van der Waals surface area contributed by atoms with Crippen LogP contribution in [0.5, 0.6) is 0 Å². The molecular weight excluding hydrogens is 328 g/mol. The second kappa shape index (κ2) is 9.96. The molecular formula is C17H22N2O6. The van der Waals surface area contributed by atoms with Crippen molar-refractivity contribution >= 4 is 23.3 Å². The average Bonchev–Trinajstić information content (AvgIpc) is 2.56. The number of carbonyl (C=O) groups is 2. The van der Waals surface area contributed by atoms with Crippen LogP contribution in [0.25, 0.3) is 5.70 Å². The highest BCUT2D eigenvalue weighted by molar-refractivity contribution is 6.09. The Balaban J connectivity index is 3.48. The number of nitrogens with zero attached hydrogens (tertiary/aromatic N) is 1. The fourth-order valence-electron chi connectivity index (χ4n) is 1.84. The summed E-state index contributed by atoms with van der Waals surface area (Å²) in [5.41, 5.74) is 5.61. The van der Waals surface area contributed by atoms with Crippen LogP contribution in [0.15, 0.2) is 42.1 Å². The fourth-order valence-corrected chi connectivity index (χ4v) is 1.84. The zero-order valence-corrected chi connectivity index (χ0v) is 14.5. The van der Waals surface area contributed by atoms with Gasteiger partial charge in [-0.15, -0.1) is 0 Å². The molecule has 1 aromatic rings. The minimum Gasteiger partial charge on any atom is -0.613 e. The first-order valence-corrected chi connectivity index (χ1v) is 7.81. The molecule has 0 amide bonds. The van der Waals surface area contributed by atoms with Crippen molar-refractivity contribution in [1.82, 2.24) is 0 Å². The molecule has 0 aliphatic rings. The number of hydrogen-bond donors (Lipinski definition) is 1. The minimum atomic E-state index is -0.896. The Hall–Kier alpha value is -3.03. The van der Waals surface area contributed by atoms with E-state index in [-0.39, 0.29) is 25.5 Å². The van der Waals surface area contributed by atoms with Crippen molar-refractivity contribution in [3.05, 3.63) is 42.1 Å². The van der Waals surface area contributed by atoms with Gasteiger partial charge in [0, 0.05) is 12.1 Å². The number of nitrogens with two attached hydrogens (primary N) is 1. The Morgan fingerprint density at radius 1 is 1.12 bits per heavy atom. The average molecular weight is 350 g/mol. The maximum Gasteiger partial charge on any atom is 0.404 e. The van der Waals surface area contributed by atoms with Gasteiger partial charge in [-0.1, -0.05) is 6.92 Å². The van der Waals surface area contributed by atoms with Gasteiger partial charge in [0.1, 0.15) is 0 Å². The van der Waals surface area contributed by atoms with E-state index >= 15 is 0 Å². The molecule has 0 unspecified atom stereocenters. The zero-order chi connectivity index (χ0) is 18.8. The molecule has 0 fully saturated rings. The molecule has 0 aromatic carbocycles. The van der Waals surface area contributed by atoms with E-state index < -0.39 is 23.5 Å². The summed E-state index contributed by atoms with van der Waals surface area (Å²) in [6.07, 6.45) is 4.07. The van der Waals surface area contributed by atoms with Crippen molar-refractivity contribution in [3.8, 4) is 0 Å². The van der Waals surface area contributed by atoms with E-state index in [1.165, 1.54) is 17.0 Å². The summed E-state index contributed by atoms with van der Waals surface area (Å²) in [6, 6.07) is 3.23. The summed E-state index contributed by atoms with van der Waals surface area (Å²) in [5, 5.41) is 12.1. The lowest BCUT2D eigenvalue weighted by atomic mass is 10.2. The number of ether oxygens (including phenoxy) is 3. The van der Waals surface area contributed by atoms with Crippen molar-refractivity contribution in [2.45, 2.75) is 20.8 Å². The summed E-state index contributed by atoms with van der Waals surface area (Å²) in [7, 11) is 0. The lowest BCUT2D eigenvalue weighted by Crippen LogP contribution is -2.37. The Morgan fingerprint density at radius 2 is 1.72 bits per heavy atom. The third-order valence-corrected chi connectivity index (χ3v) is 2.86. The number of aromatic nitrogens is 1. The van der Waals surface area contributed by atoms with Crippen LogP contribution in [0.3, 0.4) is 0 Å². The first kappa shape index (κ1) is 20.0. The van der Waals surface area contributed by atoms with Crippen LogP contribution in [0.1, 0.15) is 20.8 Å². The molecule has 8 heteroatoms. The van der Waals surface area contributed by atoms with Crippen molar-refractivity contribution in [2.24, 2.45) is 0 Å². The number of esters is 2. The quantitative estimate of drug-likeness (QED) is 0.233. The standard InChI is InChI=1S/C17H22N2O6/c1-4-23-15(20)13(16(21)24-5-2)10-14(17(22)25-6-3)19-9-7-8-12(18)11-19/h7-11H,4-6,18H2,1-3H3. The molecule has 0 bridgehead atoms. The fraction of sp³-hybridized carbons (Fsp3) is 0.353. The Labute approximate surface area is 146 Å². The molecule has 1 rings (SSSR count). The lowest BCUT2D eigenvalue weighted by Gasteiger charge is -2.16. The number of anilines is 1. The number of pyridine rings is 1. The molecule has 0 aliphatic carbocycles. The highest BCUT2D eigenvalue weighted by atomic mass is 16.6. The molecule has 0 spiro atoms. The molecule has 0 saturated heterocycles. The third kappa shape index (κ3) is 5.83. The Morgan fingerprint density at radius 3 is 2.28 bits per heavy atom. The van der Waals surface area contributed by atoms with E-state index in [4.69, 9.17) is 19.9 Å². The maximum atomic E-state index is 12.3. The minimum absolute atomic E-state index is 0.0652. The second-order valence-electron chi connectivity index (χ2n) is 4.65. The van der Waals surface area contributed by atoms with Gasteiger partial charge in [0.15, 0.2) is 12.4 Å². The van der Waals surface area contributed by atoms with Gasteiger partial charge >= 0.3 is 11.9 Å². The molecule has 0 saturated carbocycles. The third-order valence-electron chi connectivity index (χ3n) is 2.86. The van der Waals surface area contributed by atoms with Crippen LogP contribution in [0.4, 0.5) is 5.69 Å². The molecule has 0 radical (unpaired) electrons. The smallest absolute Gasteiger partial charge is 0.404 e. The van der Waals surface area contributed by atoms with Gasteiger partial charge in [0.05, 0.1) is 30.4 Å². The monoisotopic (exact) mass is 350 g/mol. The first-order valence-electron chi connectivity index (χ1n) is 7.81. The van der Waals surface area contributed by atoms with E-state index in [0.29, 0.717) is 5.69 Å². The summed E-state index contributed by atoms with van der Waals surface area (Å²) >= 11 is 0. The number of nitrogen functional groups attached to an aromatic ring is 1. The largest absolute Gasteiger partial charge is 0.613 e. The molecule has 8 nitrogen and oxygen atoms in total. The van der Waals surface area contributed by atoms with E-state index in [2.05, 4.69) is 0 Å². The number of rotatable bonds is 8.